The molecule has 5 aromatic carbocycles. The molecule has 6 rings (SSSR count). The van der Waals surface area contributed by atoms with Gasteiger partial charge in [0.2, 0.25) is 5.44 Å². The van der Waals surface area contributed by atoms with Gasteiger partial charge >= 0.3 is 0 Å². The largest absolute Gasteiger partial charge is 0.222 e. The molecule has 0 bridgehead atoms. The first kappa shape index (κ1) is 29.9. The van der Waals surface area contributed by atoms with Crippen LogP contribution in [-0.4, -0.2) is 20.2 Å². The topological polar surface area (TPSA) is 136 Å². The van der Waals surface area contributed by atoms with E-state index in [0.29, 0.717) is 5.82 Å². The summed E-state index contributed by atoms with van der Waals surface area (Å²) in [4.78, 5) is 0. The second-order valence-corrected chi connectivity index (χ2v) is 13.4. The van der Waals surface area contributed by atoms with Gasteiger partial charge in [0, 0.05) is 11.6 Å². The smallest absolute Gasteiger partial charge is 0.203 e. The summed E-state index contributed by atoms with van der Waals surface area (Å²) in [5, 5.41) is 17.1. The highest BCUT2D eigenvalue weighted by Gasteiger charge is 2.52. The van der Waals surface area contributed by atoms with Crippen LogP contribution in [0.4, 0.5) is 0 Å². The summed E-state index contributed by atoms with van der Waals surface area (Å²) in [5.41, 5.74) is 3.09. The lowest BCUT2D eigenvalue weighted by atomic mass is 10.2. The number of hydrogen-bond acceptors (Lipinski definition) is 7. The molecule has 0 saturated heterocycles. The Balaban J connectivity index is 0.000000682. The van der Waals surface area contributed by atoms with Crippen LogP contribution in [0.2, 0.25) is 0 Å². The highest BCUT2D eigenvalue weighted by atomic mass is 35.7. The van der Waals surface area contributed by atoms with Gasteiger partial charge < -0.3 is 0 Å². The van der Waals surface area contributed by atoms with Crippen molar-refractivity contribution in [3.05, 3.63) is 157 Å². The predicted octanol–water partition coefficient (Wildman–Crippen LogP) is 1.53. The number of rotatable bonds is 7. The molecule has 43 heavy (non-hydrogen) atoms. The fourth-order valence-corrected chi connectivity index (χ4v) is 9.21. The van der Waals surface area contributed by atoms with Gasteiger partial charge in [0.05, 0.1) is 0 Å². The van der Waals surface area contributed by atoms with E-state index in [1.54, 1.807) is 0 Å². The van der Waals surface area contributed by atoms with Gasteiger partial charge in [-0.15, -0.1) is 15.3 Å². The van der Waals surface area contributed by atoms with Crippen LogP contribution in [0.25, 0.3) is 22.9 Å². The number of hydrogen-bond donors (Lipinski definition) is 0. The van der Waals surface area contributed by atoms with Crippen LogP contribution in [0.3, 0.4) is 0 Å². The number of nitrogens with zero attached hydrogens (tertiary/aromatic N) is 4. The van der Waals surface area contributed by atoms with Crippen LogP contribution >= 0.6 is 7.26 Å². The van der Waals surface area contributed by atoms with Gasteiger partial charge in [0.15, 0.2) is 13.1 Å². The van der Waals surface area contributed by atoms with E-state index in [-0.39, 0.29) is 0 Å². The van der Waals surface area contributed by atoms with E-state index >= 15 is 0 Å². The van der Waals surface area contributed by atoms with Gasteiger partial charge in [-0.3, -0.25) is 0 Å². The third kappa shape index (κ3) is 7.10. The second-order valence-electron chi connectivity index (χ2n) is 9.25. The number of halogens is 1. The van der Waals surface area contributed by atoms with Crippen LogP contribution < -0.4 is 34.5 Å². The predicted molar refractivity (Wildman–Crippen MR) is 159 cm³/mol. The highest BCUT2D eigenvalue weighted by molar-refractivity contribution is 8.03. The van der Waals surface area contributed by atoms with E-state index in [1.165, 1.54) is 15.9 Å². The molecule has 0 aliphatic heterocycles. The zero-order chi connectivity index (χ0) is 30.1. The van der Waals surface area contributed by atoms with Crippen molar-refractivity contribution in [3.8, 4) is 11.4 Å². The molecule has 214 valence electrons. The minimum absolute atomic E-state index is 0.708. The highest BCUT2D eigenvalue weighted by Crippen LogP contribution is 2.65. The quantitative estimate of drug-likeness (QED) is 0.251. The summed E-state index contributed by atoms with van der Waals surface area (Å²) in [6.07, 6.45) is 2.25. The minimum atomic E-state index is -4.94. The number of aromatic nitrogens is 4. The lowest BCUT2D eigenvalue weighted by Crippen LogP contribution is -2.68. The second kappa shape index (κ2) is 13.6. The van der Waals surface area contributed by atoms with Crippen LogP contribution in [0.5, 0.6) is 0 Å². The lowest BCUT2D eigenvalue weighted by molar-refractivity contribution is -2.00. The van der Waals surface area contributed by atoms with E-state index < -0.39 is 17.5 Å². The van der Waals surface area contributed by atoms with Crippen molar-refractivity contribution < 1.29 is 28.9 Å². The molecule has 0 aliphatic rings. The van der Waals surface area contributed by atoms with Crippen LogP contribution in [-0.2, 0) is 0 Å². The standard InChI is InChI=1S/C33H26N4P.ClHO4/c1-6-16-27(17-7-1)26-32(37-33(34-35-36-37)28-18-8-2-9-19-28)38(29-20-10-3-11-21-29,30-22-12-4-13-23-30)31-24-14-5-15-25-31;2-1(3,4)5/h1-26H;(H,2,3,4,5)/q+1;/p-1/b32-26-;. The molecule has 1 aromatic heterocycles. The Bertz CT molecular complexity index is 1650. The van der Waals surface area contributed by atoms with E-state index in [2.05, 4.69) is 149 Å². The number of benzene rings is 5. The van der Waals surface area contributed by atoms with E-state index in [0.717, 1.165) is 16.6 Å². The Morgan fingerprint density at radius 1 is 0.558 bits per heavy atom. The molecule has 0 fully saturated rings. The van der Waals surface area contributed by atoms with Crippen LogP contribution in [0.1, 0.15) is 5.56 Å². The van der Waals surface area contributed by atoms with Crippen molar-refractivity contribution in [2.75, 3.05) is 0 Å². The van der Waals surface area contributed by atoms with Crippen molar-refractivity contribution in [1.29, 1.82) is 0 Å². The Hall–Kier alpha value is -4.53. The van der Waals surface area contributed by atoms with Crippen LogP contribution in [0.15, 0.2) is 152 Å². The van der Waals surface area contributed by atoms with Gasteiger partial charge in [-0.25, -0.2) is 18.6 Å². The summed E-state index contributed by atoms with van der Waals surface area (Å²) < 4.78 is 35.9. The van der Waals surface area contributed by atoms with E-state index in [1.807, 2.05) is 28.9 Å². The van der Waals surface area contributed by atoms with Gasteiger partial charge in [0.25, 0.3) is 0 Å². The molecule has 0 atom stereocenters. The molecule has 0 unspecified atom stereocenters. The Kier molecular flexibility index (Phi) is 9.49. The van der Waals surface area contributed by atoms with Gasteiger partial charge in [-0.1, -0.05) is 115 Å². The average Bonchev–Trinajstić information content (AvgIpc) is 3.53. The first-order chi connectivity index (χ1) is 20.9. The molecule has 0 spiro atoms. The van der Waals surface area contributed by atoms with Crippen molar-refractivity contribution in [2.24, 2.45) is 0 Å². The lowest BCUT2D eigenvalue weighted by Gasteiger charge is -2.29. The molecule has 0 radical (unpaired) electrons. The molecular weight excluding hydrogens is 583 g/mol. The van der Waals surface area contributed by atoms with Gasteiger partial charge in [0.1, 0.15) is 15.9 Å². The van der Waals surface area contributed by atoms with Crippen molar-refractivity contribution >= 4 is 34.7 Å². The van der Waals surface area contributed by atoms with Gasteiger partial charge in [-0.05, 0) is 52.4 Å². The molecule has 8 nitrogen and oxygen atoms in total. The van der Waals surface area contributed by atoms with Crippen LogP contribution in [0, 0.1) is 10.2 Å². The molecule has 1 heterocycles. The molecule has 10 heteroatoms. The third-order valence-corrected chi connectivity index (χ3v) is 10.8. The maximum atomic E-state index is 8.49. The summed E-state index contributed by atoms with van der Waals surface area (Å²) in [6, 6.07) is 52.9. The average molecular weight is 609 g/mol. The molecule has 6 aromatic rings. The van der Waals surface area contributed by atoms with Crippen molar-refractivity contribution in [1.82, 2.24) is 20.2 Å². The summed E-state index contributed by atoms with van der Waals surface area (Å²) in [6.45, 7) is 0. The maximum Gasteiger partial charge on any atom is 0.203 e. The summed E-state index contributed by atoms with van der Waals surface area (Å²) in [7, 11) is -7.43. The first-order valence-electron chi connectivity index (χ1n) is 13.2. The molecule has 0 amide bonds. The Morgan fingerprint density at radius 3 is 1.35 bits per heavy atom. The molecule has 0 aliphatic carbocycles. The molecule has 0 saturated carbocycles. The SMILES string of the molecule is C(=C(\n1nnnc1-c1ccccc1)[P+](c1ccccc1)(c1ccccc1)c1ccccc1)/c1ccccc1.[O-][Cl+3]([O-])([O-])[O-]. The first-order valence-corrected chi connectivity index (χ1v) is 16.2. The monoisotopic (exact) mass is 608 g/mol. The zero-order valence-electron chi connectivity index (χ0n) is 22.8. The Labute approximate surface area is 251 Å². The molecular formula is C33H26ClN4O4P. The molecule has 0 N–H and O–H groups in total. The Morgan fingerprint density at radius 2 is 0.930 bits per heavy atom. The normalized spacial score (nSPS) is 11.9. The minimum Gasteiger partial charge on any atom is -0.222 e. The van der Waals surface area contributed by atoms with Gasteiger partial charge in [-0.2, -0.15) is 4.68 Å². The van der Waals surface area contributed by atoms with Crippen molar-refractivity contribution in [2.45, 2.75) is 0 Å². The fourth-order valence-electron chi connectivity index (χ4n) is 4.91. The summed E-state index contributed by atoms with van der Waals surface area (Å²) in [5.74, 6) is 0.708. The van der Waals surface area contributed by atoms with Crippen molar-refractivity contribution in [3.63, 3.8) is 0 Å². The van der Waals surface area contributed by atoms with E-state index in [9.17, 15) is 0 Å². The zero-order valence-corrected chi connectivity index (χ0v) is 24.4. The van der Waals surface area contributed by atoms with E-state index in [4.69, 9.17) is 18.6 Å². The fraction of sp³-hybridized carbons (Fsp3) is 0. The summed E-state index contributed by atoms with van der Waals surface area (Å²) >= 11 is 0. The number of tetrazole rings is 1. The third-order valence-electron chi connectivity index (χ3n) is 6.59. The maximum absolute atomic E-state index is 8.49.